The number of hydrogen-bond acceptors (Lipinski definition) is 2. The molecule has 1 radical (unpaired) electrons. The molecule has 22 heavy (non-hydrogen) atoms. The lowest BCUT2D eigenvalue weighted by Crippen LogP contribution is -2.16. The van der Waals surface area contributed by atoms with Gasteiger partial charge in [0.2, 0.25) is 0 Å². The molecule has 0 saturated carbocycles. The van der Waals surface area contributed by atoms with Crippen molar-refractivity contribution in [1.82, 2.24) is 9.97 Å². The van der Waals surface area contributed by atoms with Gasteiger partial charge in [0.25, 0.3) is 0 Å². The zero-order valence-corrected chi connectivity index (χ0v) is 11.4. The number of rotatable bonds is 2. The van der Waals surface area contributed by atoms with Crippen molar-refractivity contribution < 1.29 is 23.0 Å². The van der Waals surface area contributed by atoms with Crippen molar-refractivity contribution in [2.24, 2.45) is 0 Å². The van der Waals surface area contributed by atoms with Gasteiger partial charge in [0.15, 0.2) is 5.75 Å². The molecule has 0 atom stereocenters. The maximum Gasteiger partial charge on any atom is 0.573 e. The summed E-state index contributed by atoms with van der Waals surface area (Å²) in [5.74, 6) is 0.0621. The lowest BCUT2D eigenvalue weighted by Gasteiger charge is -2.08. The van der Waals surface area contributed by atoms with Crippen LogP contribution in [0.5, 0.6) is 11.5 Å². The first-order valence-electron chi connectivity index (χ1n) is 6.36. The second-order valence-electron chi connectivity index (χ2n) is 4.74. The van der Waals surface area contributed by atoms with E-state index in [9.17, 15) is 18.3 Å². The van der Waals surface area contributed by atoms with Crippen molar-refractivity contribution in [3.05, 3.63) is 42.0 Å². The Morgan fingerprint density at radius 2 is 1.77 bits per heavy atom. The van der Waals surface area contributed by atoms with Gasteiger partial charge < -0.3 is 9.72 Å². The average Bonchev–Trinajstić information content (AvgIpc) is 2.87. The van der Waals surface area contributed by atoms with Crippen molar-refractivity contribution in [2.45, 2.75) is 13.3 Å². The Morgan fingerprint density at radius 3 is 2.41 bits per heavy atom. The third-order valence-electron chi connectivity index (χ3n) is 3.22. The normalized spacial score (nSPS) is 11.8. The molecule has 1 aromatic heterocycles. The summed E-state index contributed by atoms with van der Waals surface area (Å²) in [4.78, 5) is 7.36. The van der Waals surface area contributed by atoms with Gasteiger partial charge in [-0.1, -0.05) is 0 Å². The molecule has 0 bridgehead atoms. The van der Waals surface area contributed by atoms with Crippen molar-refractivity contribution >= 4 is 11.0 Å². The van der Waals surface area contributed by atoms with Crippen LogP contribution in [-0.2, 0) is 5.11 Å². The molecule has 0 aliphatic heterocycles. The molecule has 0 spiro atoms. The van der Waals surface area contributed by atoms with Gasteiger partial charge in [0, 0.05) is 11.1 Å². The first kappa shape index (κ1) is 14.2. The number of ether oxygens (including phenoxy) is 1. The minimum Gasteiger partial charge on any atom is -0.406 e. The number of hydrogen-bond donors (Lipinski definition) is 1. The Bertz CT molecular complexity index is 823. The topological polar surface area (TPSA) is 57.8 Å². The fourth-order valence-corrected chi connectivity index (χ4v) is 2.15. The third-order valence-corrected chi connectivity index (χ3v) is 3.22. The van der Waals surface area contributed by atoms with Crippen LogP contribution in [0.1, 0.15) is 5.56 Å². The number of alkyl halides is 3. The molecule has 3 rings (SSSR count). The maximum absolute atomic E-state index is 12.1. The van der Waals surface area contributed by atoms with E-state index in [-0.39, 0.29) is 11.5 Å². The zero-order chi connectivity index (χ0) is 15.9. The van der Waals surface area contributed by atoms with Crippen molar-refractivity contribution in [3.8, 4) is 22.9 Å². The van der Waals surface area contributed by atoms with Gasteiger partial charge in [-0.05, 0) is 43.3 Å². The molecule has 4 nitrogen and oxygen atoms in total. The summed E-state index contributed by atoms with van der Waals surface area (Å²) < 4.78 is 40.2. The first-order chi connectivity index (χ1) is 10.3. The van der Waals surface area contributed by atoms with Crippen LogP contribution in [0.4, 0.5) is 13.2 Å². The number of fused-ring (bicyclic) bond motifs is 1. The van der Waals surface area contributed by atoms with Gasteiger partial charge in [-0.2, -0.15) is 0 Å². The second-order valence-corrected chi connectivity index (χ2v) is 4.74. The zero-order valence-electron chi connectivity index (χ0n) is 11.4. The Hall–Kier alpha value is -2.70. The molecule has 0 aliphatic rings. The first-order valence-corrected chi connectivity index (χ1v) is 6.36. The molecular weight excluding hydrogens is 297 g/mol. The lowest BCUT2D eigenvalue weighted by atomic mass is 10.2. The van der Waals surface area contributed by atoms with Crippen molar-refractivity contribution in [1.29, 1.82) is 0 Å². The monoisotopic (exact) mass is 307 g/mol. The molecule has 1 N–H and O–H groups in total. The van der Waals surface area contributed by atoms with Crippen LogP contribution in [0.3, 0.4) is 0 Å². The highest BCUT2D eigenvalue weighted by Crippen LogP contribution is 2.29. The quantitative estimate of drug-likeness (QED) is 0.753. The van der Waals surface area contributed by atoms with Crippen LogP contribution >= 0.6 is 0 Å². The molecule has 7 heteroatoms. The van der Waals surface area contributed by atoms with E-state index in [1.165, 1.54) is 30.3 Å². The molecule has 2 aromatic carbocycles. The van der Waals surface area contributed by atoms with Gasteiger partial charge in [0.1, 0.15) is 11.6 Å². The summed E-state index contributed by atoms with van der Waals surface area (Å²) >= 11 is 0. The van der Waals surface area contributed by atoms with Gasteiger partial charge in [0.05, 0.1) is 11.0 Å². The summed E-state index contributed by atoms with van der Waals surface area (Å²) in [7, 11) is 0. The smallest absolute Gasteiger partial charge is 0.406 e. The predicted octanol–water partition coefficient (Wildman–Crippen LogP) is 4.58. The van der Waals surface area contributed by atoms with Crippen LogP contribution in [0.15, 0.2) is 36.4 Å². The Kier molecular flexibility index (Phi) is 3.20. The number of imidazole rings is 1. The number of benzene rings is 2. The molecule has 0 aliphatic carbocycles. The largest absolute Gasteiger partial charge is 0.573 e. The van der Waals surface area contributed by atoms with E-state index in [0.717, 1.165) is 0 Å². The number of nitrogens with one attached hydrogen (secondary N) is 1. The highest BCUT2D eigenvalue weighted by molar-refractivity contribution is 5.84. The second kappa shape index (κ2) is 4.94. The Balaban J connectivity index is 1.96. The molecule has 0 amide bonds. The number of aromatic amines is 1. The van der Waals surface area contributed by atoms with E-state index >= 15 is 0 Å². The van der Waals surface area contributed by atoms with Crippen LogP contribution in [0, 0.1) is 6.92 Å². The van der Waals surface area contributed by atoms with E-state index in [1.54, 1.807) is 13.0 Å². The molecule has 0 unspecified atom stereocenters. The maximum atomic E-state index is 12.1. The van der Waals surface area contributed by atoms with E-state index in [4.69, 9.17) is 0 Å². The average molecular weight is 307 g/mol. The van der Waals surface area contributed by atoms with Crippen LogP contribution < -0.4 is 4.74 Å². The fourth-order valence-electron chi connectivity index (χ4n) is 2.15. The van der Waals surface area contributed by atoms with E-state index in [2.05, 4.69) is 14.7 Å². The van der Waals surface area contributed by atoms with E-state index in [0.29, 0.717) is 28.0 Å². The summed E-state index contributed by atoms with van der Waals surface area (Å²) in [6.45, 7) is 1.68. The summed E-state index contributed by atoms with van der Waals surface area (Å²) in [6, 6.07) is 8.42. The molecule has 0 fully saturated rings. The summed E-state index contributed by atoms with van der Waals surface area (Å²) in [6.07, 6.45) is -4.72. The number of aryl methyl sites for hydroxylation is 1. The third kappa shape index (κ3) is 2.69. The van der Waals surface area contributed by atoms with Crippen LogP contribution in [0.25, 0.3) is 22.4 Å². The van der Waals surface area contributed by atoms with Crippen molar-refractivity contribution in [2.75, 3.05) is 0 Å². The number of aromatic nitrogens is 2. The molecule has 3 aromatic rings. The summed E-state index contributed by atoms with van der Waals surface area (Å²) in [5.41, 5.74) is 2.37. The minimum absolute atomic E-state index is 0.112. The molecular formula is C15H10F3N2O2. The standard InChI is InChI=1S/C15H10F3N2O2/c1-8-12(21)7-6-11-13(8)20-14(19-11)9-2-4-10(5-3-9)22-15(16,17)18/h2-7H,1H3,(H,19,20). The van der Waals surface area contributed by atoms with Gasteiger partial charge in [-0.15, -0.1) is 13.2 Å². The van der Waals surface area contributed by atoms with Crippen LogP contribution in [-0.4, -0.2) is 16.3 Å². The summed E-state index contributed by atoms with van der Waals surface area (Å²) in [5, 5.41) is 11.6. The minimum atomic E-state index is -4.72. The van der Waals surface area contributed by atoms with E-state index < -0.39 is 6.36 Å². The van der Waals surface area contributed by atoms with Gasteiger partial charge in [-0.3, -0.25) is 5.11 Å². The number of nitrogens with zero attached hydrogens (tertiary/aromatic N) is 1. The van der Waals surface area contributed by atoms with Crippen molar-refractivity contribution in [3.63, 3.8) is 0 Å². The van der Waals surface area contributed by atoms with E-state index in [1.807, 2.05) is 0 Å². The highest BCUT2D eigenvalue weighted by atomic mass is 19.4. The Morgan fingerprint density at radius 1 is 1.09 bits per heavy atom. The highest BCUT2D eigenvalue weighted by Gasteiger charge is 2.31. The Labute approximate surface area is 123 Å². The number of halogens is 3. The predicted molar refractivity (Wildman–Crippen MR) is 73.1 cm³/mol. The molecule has 1 heterocycles. The fraction of sp³-hybridized carbons (Fsp3) is 0.133. The lowest BCUT2D eigenvalue weighted by molar-refractivity contribution is -0.274. The van der Waals surface area contributed by atoms with Gasteiger partial charge >= 0.3 is 6.36 Å². The molecule has 0 saturated heterocycles. The SMILES string of the molecule is Cc1c([O])ccc2[nH]c(-c3ccc(OC(F)(F)F)cc3)nc12. The molecule has 113 valence electrons. The van der Waals surface area contributed by atoms with Crippen LogP contribution in [0.2, 0.25) is 0 Å². The number of H-pyrrole nitrogens is 1. The van der Waals surface area contributed by atoms with Gasteiger partial charge in [-0.25, -0.2) is 4.98 Å².